The molecule has 0 aromatic heterocycles. The van der Waals surface area contributed by atoms with Crippen LogP contribution >= 0.6 is 0 Å². The fourth-order valence-electron chi connectivity index (χ4n) is 0.428. The van der Waals surface area contributed by atoms with Crippen molar-refractivity contribution in [3.63, 3.8) is 0 Å². The molecule has 14 heavy (non-hydrogen) atoms. The van der Waals surface area contributed by atoms with Gasteiger partial charge < -0.3 is 20.7 Å². The summed E-state index contributed by atoms with van der Waals surface area (Å²) in [5.41, 5.74) is 4.57. The summed E-state index contributed by atoms with van der Waals surface area (Å²) < 4.78 is 0. The number of hydrogen-bond donors (Lipinski definition) is 3. The Balaban J connectivity index is 0. The zero-order valence-corrected chi connectivity index (χ0v) is 7.59. The number of aliphatic carboxylic acids is 1. The lowest BCUT2D eigenvalue weighted by atomic mass is 10.3. The molecule has 5 nitrogen and oxygen atoms in total. The topological polar surface area (TPSA) is 101 Å². The molecule has 0 atom stereocenters. The number of hydrogen-bond acceptors (Lipinski definition) is 4. The fraction of sp³-hybridized carbons (Fsp3) is 0.111. The van der Waals surface area contributed by atoms with Gasteiger partial charge >= 0.3 is 5.97 Å². The summed E-state index contributed by atoms with van der Waals surface area (Å²) in [6, 6.07) is 8.71. The number of para-hydroxylation sites is 1. The van der Waals surface area contributed by atoms with Gasteiger partial charge in [0.05, 0.1) is 6.54 Å². The van der Waals surface area contributed by atoms with E-state index in [4.69, 9.17) is 15.0 Å². The standard InChI is InChI=1S/C6H6O.C2H5NO2.CH2O/c7-6-4-2-1-3-5-6;3-1-2(4)5;1-2/h1-5,7H;1,3H2,(H,4,5);1H2. The van der Waals surface area contributed by atoms with Gasteiger partial charge in [-0.1, -0.05) is 18.2 Å². The average Bonchev–Trinajstić information content (AvgIpc) is 2.23. The van der Waals surface area contributed by atoms with Crippen LogP contribution in [0.15, 0.2) is 30.3 Å². The van der Waals surface area contributed by atoms with Crippen molar-refractivity contribution in [2.24, 2.45) is 5.73 Å². The first-order chi connectivity index (χ1) is 6.66. The number of carboxylic acid groups (broad SMARTS) is 1. The largest absolute Gasteiger partial charge is 0.508 e. The van der Waals surface area contributed by atoms with E-state index in [2.05, 4.69) is 5.73 Å². The number of carbonyl (C=O) groups excluding carboxylic acids is 1. The minimum atomic E-state index is -0.968. The van der Waals surface area contributed by atoms with E-state index in [9.17, 15) is 4.79 Å². The highest BCUT2D eigenvalue weighted by Crippen LogP contribution is 2.02. The van der Waals surface area contributed by atoms with E-state index in [0.29, 0.717) is 5.75 Å². The Bertz CT molecular complexity index is 238. The molecular formula is C9H13NO4. The summed E-state index contributed by atoms with van der Waals surface area (Å²) in [4.78, 5) is 17.2. The summed E-state index contributed by atoms with van der Waals surface area (Å²) in [6.45, 7) is 1.72. The van der Waals surface area contributed by atoms with Crippen LogP contribution in [0.2, 0.25) is 0 Å². The van der Waals surface area contributed by atoms with Crippen LogP contribution in [0.3, 0.4) is 0 Å². The van der Waals surface area contributed by atoms with Crippen LogP contribution in [0.1, 0.15) is 0 Å². The van der Waals surface area contributed by atoms with Gasteiger partial charge in [-0.05, 0) is 12.1 Å². The van der Waals surface area contributed by atoms with Crippen molar-refractivity contribution >= 4 is 12.8 Å². The molecule has 0 aliphatic rings. The third-order valence-electron chi connectivity index (χ3n) is 0.931. The molecule has 0 saturated heterocycles. The molecule has 0 amide bonds. The van der Waals surface area contributed by atoms with Gasteiger partial charge in [0.1, 0.15) is 12.5 Å². The molecule has 0 saturated carbocycles. The van der Waals surface area contributed by atoms with E-state index in [1.54, 1.807) is 24.3 Å². The predicted molar refractivity (Wildman–Crippen MR) is 51.9 cm³/mol. The number of aromatic hydroxyl groups is 1. The van der Waals surface area contributed by atoms with Crippen LogP contribution in [0.5, 0.6) is 5.75 Å². The highest BCUT2D eigenvalue weighted by atomic mass is 16.4. The van der Waals surface area contributed by atoms with Crippen LogP contribution in [0.25, 0.3) is 0 Å². The lowest BCUT2D eigenvalue weighted by molar-refractivity contribution is -0.135. The monoisotopic (exact) mass is 199 g/mol. The summed E-state index contributed by atoms with van der Waals surface area (Å²) in [5.74, 6) is -0.646. The third kappa shape index (κ3) is 12.8. The molecule has 0 spiro atoms. The molecule has 1 aromatic carbocycles. The number of phenolic OH excluding ortho intramolecular Hbond substituents is 1. The third-order valence-corrected chi connectivity index (χ3v) is 0.931. The number of benzene rings is 1. The highest BCUT2D eigenvalue weighted by Gasteiger charge is 1.81. The Kier molecular flexibility index (Phi) is 11.6. The lowest BCUT2D eigenvalue weighted by Crippen LogP contribution is -2.10. The van der Waals surface area contributed by atoms with E-state index >= 15 is 0 Å². The van der Waals surface area contributed by atoms with Gasteiger partial charge in [0.2, 0.25) is 0 Å². The number of carboxylic acids is 1. The first kappa shape index (κ1) is 14.6. The first-order valence-electron chi connectivity index (χ1n) is 3.61. The molecule has 0 heterocycles. The fourth-order valence-corrected chi connectivity index (χ4v) is 0.428. The van der Waals surface area contributed by atoms with Crippen molar-refractivity contribution in [1.82, 2.24) is 0 Å². The van der Waals surface area contributed by atoms with Gasteiger partial charge in [-0.15, -0.1) is 0 Å². The molecule has 0 unspecified atom stereocenters. The van der Waals surface area contributed by atoms with E-state index in [0.717, 1.165) is 0 Å². The smallest absolute Gasteiger partial charge is 0.317 e. The Morgan fingerprint density at radius 2 is 1.64 bits per heavy atom. The number of carbonyl (C=O) groups is 2. The molecule has 78 valence electrons. The zero-order chi connectivity index (χ0) is 11.4. The molecule has 0 radical (unpaired) electrons. The normalized spacial score (nSPS) is 7.21. The van der Waals surface area contributed by atoms with Crippen LogP contribution in [-0.4, -0.2) is 29.5 Å². The minimum Gasteiger partial charge on any atom is -0.508 e. The van der Waals surface area contributed by atoms with Crippen molar-refractivity contribution in [3.8, 4) is 5.75 Å². The van der Waals surface area contributed by atoms with Crippen molar-refractivity contribution in [2.45, 2.75) is 0 Å². The molecule has 4 N–H and O–H groups in total. The maximum Gasteiger partial charge on any atom is 0.317 e. The SMILES string of the molecule is C=O.NCC(=O)O.Oc1ccccc1. The maximum atomic E-state index is 9.24. The Hall–Kier alpha value is -1.88. The molecule has 0 fully saturated rings. The zero-order valence-electron chi connectivity index (χ0n) is 7.59. The van der Waals surface area contributed by atoms with Gasteiger partial charge in [-0.2, -0.15) is 0 Å². The van der Waals surface area contributed by atoms with Crippen molar-refractivity contribution in [2.75, 3.05) is 6.54 Å². The van der Waals surface area contributed by atoms with E-state index in [1.165, 1.54) is 0 Å². The van der Waals surface area contributed by atoms with Crippen LogP contribution in [-0.2, 0) is 9.59 Å². The van der Waals surface area contributed by atoms with Crippen LogP contribution in [0, 0.1) is 0 Å². The van der Waals surface area contributed by atoms with Gasteiger partial charge in [0.25, 0.3) is 0 Å². The minimum absolute atomic E-state index is 0.278. The lowest BCUT2D eigenvalue weighted by Gasteiger charge is -1.82. The quantitative estimate of drug-likeness (QED) is 0.601. The highest BCUT2D eigenvalue weighted by molar-refractivity contribution is 5.68. The second-order valence-corrected chi connectivity index (χ2v) is 1.93. The maximum absolute atomic E-state index is 9.24. The molecule has 0 bridgehead atoms. The molecule has 1 aromatic rings. The Morgan fingerprint density at radius 1 is 1.29 bits per heavy atom. The molecule has 1 rings (SSSR count). The first-order valence-corrected chi connectivity index (χ1v) is 3.61. The number of phenols is 1. The van der Waals surface area contributed by atoms with E-state index < -0.39 is 5.97 Å². The summed E-state index contributed by atoms with van der Waals surface area (Å²) in [5, 5.41) is 16.2. The van der Waals surface area contributed by atoms with Crippen molar-refractivity contribution in [1.29, 1.82) is 0 Å². The number of rotatable bonds is 1. The average molecular weight is 199 g/mol. The van der Waals surface area contributed by atoms with Crippen LogP contribution < -0.4 is 5.73 Å². The van der Waals surface area contributed by atoms with Gasteiger partial charge in [-0.3, -0.25) is 4.79 Å². The Labute approximate surface area is 81.8 Å². The predicted octanol–water partition coefficient (Wildman–Crippen LogP) is 0.237. The Morgan fingerprint density at radius 3 is 1.79 bits per heavy atom. The molecular weight excluding hydrogens is 186 g/mol. The summed E-state index contributed by atoms with van der Waals surface area (Å²) >= 11 is 0. The second kappa shape index (κ2) is 11.1. The van der Waals surface area contributed by atoms with Gasteiger partial charge in [-0.25, -0.2) is 0 Å². The summed E-state index contributed by atoms with van der Waals surface area (Å²) in [7, 11) is 0. The molecule has 0 aliphatic heterocycles. The van der Waals surface area contributed by atoms with Crippen molar-refractivity contribution in [3.05, 3.63) is 30.3 Å². The molecule has 0 aliphatic carbocycles. The van der Waals surface area contributed by atoms with Gasteiger partial charge in [0.15, 0.2) is 0 Å². The van der Waals surface area contributed by atoms with E-state index in [-0.39, 0.29) is 6.54 Å². The second-order valence-electron chi connectivity index (χ2n) is 1.93. The van der Waals surface area contributed by atoms with Crippen LogP contribution in [0.4, 0.5) is 0 Å². The van der Waals surface area contributed by atoms with Crippen molar-refractivity contribution < 1.29 is 19.8 Å². The molecule has 5 heteroatoms. The number of nitrogens with two attached hydrogens (primary N) is 1. The van der Waals surface area contributed by atoms with E-state index in [1.807, 2.05) is 12.9 Å². The summed E-state index contributed by atoms with van der Waals surface area (Å²) in [6.07, 6.45) is 0. The van der Waals surface area contributed by atoms with Gasteiger partial charge in [0, 0.05) is 0 Å².